The fourth-order valence-electron chi connectivity index (χ4n) is 2.73. The molecule has 2 heterocycles. The van der Waals surface area contributed by atoms with Crippen molar-refractivity contribution in [2.24, 2.45) is 0 Å². The Bertz CT molecular complexity index is 725. The Morgan fingerprint density at radius 3 is 2.96 bits per heavy atom. The van der Waals surface area contributed by atoms with Gasteiger partial charge in [-0.2, -0.15) is 0 Å². The molecule has 1 aromatic heterocycles. The van der Waals surface area contributed by atoms with Gasteiger partial charge in [-0.1, -0.05) is 18.2 Å². The summed E-state index contributed by atoms with van der Waals surface area (Å²) in [5, 5.41) is 2.98. The molecule has 1 atom stereocenters. The van der Waals surface area contributed by atoms with Crippen molar-refractivity contribution >= 4 is 11.7 Å². The maximum Gasteiger partial charge on any atom is 0.227 e. The number of hydrogen-bond donors (Lipinski definition) is 1. The van der Waals surface area contributed by atoms with E-state index in [4.69, 9.17) is 4.74 Å². The minimum Gasteiger partial charge on any atom is -0.372 e. The summed E-state index contributed by atoms with van der Waals surface area (Å²) < 4.78 is 19.5. The third kappa shape index (κ3) is 3.51. The Labute approximate surface area is 139 Å². The molecule has 0 aliphatic carbocycles. The van der Waals surface area contributed by atoms with Crippen LogP contribution in [-0.2, 0) is 16.0 Å². The van der Waals surface area contributed by atoms with Gasteiger partial charge >= 0.3 is 0 Å². The topological polar surface area (TPSA) is 67.4 Å². The number of ether oxygens (including phenoxy) is 1. The summed E-state index contributed by atoms with van der Waals surface area (Å²) in [7, 11) is 1.76. The van der Waals surface area contributed by atoms with Gasteiger partial charge in [0.05, 0.1) is 19.6 Å². The van der Waals surface area contributed by atoms with E-state index in [0.29, 0.717) is 36.8 Å². The maximum atomic E-state index is 13.7. The van der Waals surface area contributed by atoms with E-state index in [1.807, 2.05) is 0 Å². The van der Waals surface area contributed by atoms with Gasteiger partial charge in [-0.3, -0.25) is 9.78 Å². The normalized spacial score (nSPS) is 17.6. The van der Waals surface area contributed by atoms with Crippen molar-refractivity contribution in [3.63, 3.8) is 0 Å². The van der Waals surface area contributed by atoms with Crippen LogP contribution in [0.1, 0.15) is 17.4 Å². The molecule has 7 heteroatoms. The van der Waals surface area contributed by atoms with Gasteiger partial charge in [-0.05, 0) is 11.6 Å². The summed E-state index contributed by atoms with van der Waals surface area (Å²) in [4.78, 5) is 22.7. The first-order valence-electron chi connectivity index (χ1n) is 7.80. The lowest BCUT2D eigenvalue weighted by atomic mass is 10.1. The molecular weight excluding hydrogens is 311 g/mol. The van der Waals surface area contributed by atoms with Crippen molar-refractivity contribution in [2.45, 2.75) is 12.5 Å². The summed E-state index contributed by atoms with van der Waals surface area (Å²) in [5.41, 5.74) is 1.07. The largest absolute Gasteiger partial charge is 0.372 e. The van der Waals surface area contributed by atoms with Crippen LogP contribution in [0.4, 0.5) is 10.2 Å². The van der Waals surface area contributed by atoms with Crippen LogP contribution in [0.2, 0.25) is 0 Å². The predicted molar refractivity (Wildman–Crippen MR) is 87.0 cm³/mol. The van der Waals surface area contributed by atoms with Gasteiger partial charge in [0.2, 0.25) is 5.91 Å². The highest BCUT2D eigenvalue weighted by atomic mass is 19.1. The molecule has 2 aromatic rings. The van der Waals surface area contributed by atoms with Crippen LogP contribution in [0.25, 0.3) is 0 Å². The number of carbonyl (C=O) groups is 1. The fraction of sp³-hybridized carbons (Fsp3) is 0.353. The van der Waals surface area contributed by atoms with Crippen LogP contribution >= 0.6 is 0 Å². The number of hydrogen-bond acceptors (Lipinski definition) is 5. The summed E-state index contributed by atoms with van der Waals surface area (Å²) >= 11 is 0. The first-order chi connectivity index (χ1) is 11.7. The number of anilines is 1. The van der Waals surface area contributed by atoms with Crippen molar-refractivity contribution in [1.29, 1.82) is 0 Å². The first kappa shape index (κ1) is 16.3. The zero-order valence-corrected chi connectivity index (χ0v) is 13.4. The second kappa shape index (κ2) is 7.35. The molecule has 0 saturated carbocycles. The molecule has 0 radical (unpaired) electrons. The summed E-state index contributed by atoms with van der Waals surface area (Å²) in [6, 6.07) is 6.34. The smallest absolute Gasteiger partial charge is 0.227 e. The molecule has 0 unspecified atom stereocenters. The average molecular weight is 330 g/mol. The van der Waals surface area contributed by atoms with Gasteiger partial charge in [-0.15, -0.1) is 0 Å². The molecule has 1 N–H and O–H groups in total. The van der Waals surface area contributed by atoms with E-state index >= 15 is 0 Å². The van der Waals surface area contributed by atoms with E-state index in [1.165, 1.54) is 6.07 Å². The van der Waals surface area contributed by atoms with Crippen LogP contribution in [0.3, 0.4) is 0 Å². The minimum absolute atomic E-state index is 0.0404. The van der Waals surface area contributed by atoms with E-state index in [0.717, 1.165) is 0 Å². The number of morpholine rings is 1. The molecule has 3 rings (SSSR count). The third-order valence-electron chi connectivity index (χ3n) is 3.99. The highest BCUT2D eigenvalue weighted by Gasteiger charge is 2.28. The van der Waals surface area contributed by atoms with Gasteiger partial charge in [0.1, 0.15) is 23.4 Å². The molecule has 6 nitrogen and oxygen atoms in total. The monoisotopic (exact) mass is 330 g/mol. The van der Waals surface area contributed by atoms with Crippen LogP contribution in [0, 0.1) is 5.82 Å². The Morgan fingerprint density at radius 2 is 2.17 bits per heavy atom. The molecule has 1 amide bonds. The van der Waals surface area contributed by atoms with Gasteiger partial charge in [-0.25, -0.2) is 9.37 Å². The lowest BCUT2D eigenvalue weighted by Crippen LogP contribution is -2.43. The Balaban J connectivity index is 1.71. The van der Waals surface area contributed by atoms with Gasteiger partial charge in [0.25, 0.3) is 0 Å². The van der Waals surface area contributed by atoms with Gasteiger partial charge in [0.15, 0.2) is 0 Å². The number of rotatable bonds is 4. The van der Waals surface area contributed by atoms with E-state index in [2.05, 4.69) is 15.3 Å². The lowest BCUT2D eigenvalue weighted by molar-refractivity contribution is -0.138. The standard InChI is InChI=1S/C17H19FN4O2/c1-19-17-16(20-6-7-21-17)14-11-22(8-9-24-14)15(23)10-12-4-2-3-5-13(12)18/h2-7,14H,8-11H2,1H3,(H,19,21)/t14-/m1/s1. The number of aromatic nitrogens is 2. The fourth-order valence-corrected chi connectivity index (χ4v) is 2.73. The van der Waals surface area contributed by atoms with Crippen LogP contribution < -0.4 is 5.32 Å². The number of carbonyl (C=O) groups excluding carboxylic acids is 1. The predicted octanol–water partition coefficient (Wildman–Crippen LogP) is 1.80. The SMILES string of the molecule is CNc1nccnc1[C@H]1CN(C(=O)Cc2ccccc2F)CCO1. The van der Waals surface area contributed by atoms with Gasteiger partial charge < -0.3 is 15.0 Å². The first-order valence-corrected chi connectivity index (χ1v) is 7.80. The zero-order valence-electron chi connectivity index (χ0n) is 13.4. The van der Waals surface area contributed by atoms with Crippen molar-refractivity contribution in [3.8, 4) is 0 Å². The Hall–Kier alpha value is -2.54. The number of benzene rings is 1. The van der Waals surface area contributed by atoms with Crippen LogP contribution in [-0.4, -0.2) is 47.5 Å². The van der Waals surface area contributed by atoms with Crippen LogP contribution in [0.15, 0.2) is 36.7 Å². The third-order valence-corrected chi connectivity index (χ3v) is 3.99. The average Bonchev–Trinajstić information content (AvgIpc) is 2.63. The molecule has 126 valence electrons. The second-order valence-corrected chi connectivity index (χ2v) is 5.51. The quantitative estimate of drug-likeness (QED) is 0.926. The Morgan fingerprint density at radius 1 is 1.38 bits per heavy atom. The zero-order chi connectivity index (χ0) is 16.9. The van der Waals surface area contributed by atoms with E-state index in [-0.39, 0.29) is 24.2 Å². The molecule has 0 spiro atoms. The van der Waals surface area contributed by atoms with Gasteiger partial charge in [0, 0.05) is 26.0 Å². The molecule has 1 fully saturated rings. The summed E-state index contributed by atoms with van der Waals surface area (Å²) in [6.07, 6.45) is 2.89. The molecule has 1 aromatic carbocycles. The molecule has 24 heavy (non-hydrogen) atoms. The molecular formula is C17H19FN4O2. The summed E-state index contributed by atoms with van der Waals surface area (Å²) in [5.74, 6) is 0.149. The Kier molecular flexibility index (Phi) is 5.00. The second-order valence-electron chi connectivity index (χ2n) is 5.51. The number of nitrogens with zero attached hydrogens (tertiary/aromatic N) is 3. The summed E-state index contributed by atoms with van der Waals surface area (Å²) in [6.45, 7) is 1.27. The molecule has 1 saturated heterocycles. The van der Waals surface area contributed by atoms with Crippen molar-refractivity contribution < 1.29 is 13.9 Å². The number of halogens is 1. The number of amides is 1. The highest BCUT2D eigenvalue weighted by Crippen LogP contribution is 2.25. The minimum atomic E-state index is -0.359. The van der Waals surface area contributed by atoms with Crippen molar-refractivity contribution in [2.75, 3.05) is 32.1 Å². The van der Waals surface area contributed by atoms with E-state index < -0.39 is 0 Å². The molecule has 1 aliphatic heterocycles. The van der Waals surface area contributed by atoms with Crippen molar-refractivity contribution in [3.05, 3.63) is 53.7 Å². The van der Waals surface area contributed by atoms with E-state index in [9.17, 15) is 9.18 Å². The lowest BCUT2D eigenvalue weighted by Gasteiger charge is -2.33. The van der Waals surface area contributed by atoms with E-state index in [1.54, 1.807) is 42.5 Å². The maximum absolute atomic E-state index is 13.7. The van der Waals surface area contributed by atoms with Crippen LogP contribution in [0.5, 0.6) is 0 Å². The highest BCUT2D eigenvalue weighted by molar-refractivity contribution is 5.79. The molecule has 0 bridgehead atoms. The molecule has 1 aliphatic rings. The number of nitrogens with one attached hydrogen (secondary N) is 1. The van der Waals surface area contributed by atoms with Crippen molar-refractivity contribution in [1.82, 2.24) is 14.9 Å².